The Bertz CT molecular complexity index is 528. The van der Waals surface area contributed by atoms with Gasteiger partial charge in [-0.15, -0.1) is 10.2 Å². The predicted molar refractivity (Wildman–Crippen MR) is 60.3 cm³/mol. The minimum absolute atomic E-state index is 0.129. The van der Waals surface area contributed by atoms with E-state index in [1.807, 2.05) is 0 Å². The maximum absolute atomic E-state index is 11.3. The van der Waals surface area contributed by atoms with Gasteiger partial charge in [-0.05, 0) is 25.1 Å². The van der Waals surface area contributed by atoms with E-state index in [-0.39, 0.29) is 10.9 Å². The van der Waals surface area contributed by atoms with E-state index < -0.39 is 0 Å². The first kappa shape index (κ1) is 10.7. The molecule has 0 spiro atoms. The highest BCUT2D eigenvalue weighted by Gasteiger charge is 2.10. The van der Waals surface area contributed by atoms with Crippen molar-refractivity contribution >= 4 is 17.4 Å². The number of pyridine rings is 1. The Morgan fingerprint density at radius 3 is 2.56 bits per heavy atom. The van der Waals surface area contributed by atoms with Gasteiger partial charge in [-0.1, -0.05) is 11.6 Å². The Hall–Kier alpha value is -1.81. The Kier molecular flexibility index (Phi) is 2.92. The number of halogens is 1. The third-order valence-corrected chi connectivity index (χ3v) is 2.38. The lowest BCUT2D eigenvalue weighted by atomic mass is 10.1. The van der Waals surface area contributed by atoms with Gasteiger partial charge in [0.2, 0.25) is 0 Å². The summed E-state index contributed by atoms with van der Waals surface area (Å²) in [6.07, 6.45) is 3.30. The number of carbonyl (C=O) groups excluding carboxylic acids is 1. The van der Waals surface area contributed by atoms with Gasteiger partial charge in [0.1, 0.15) is 0 Å². The second-order valence-corrected chi connectivity index (χ2v) is 3.58. The standard InChI is InChI=1S/C11H8ClN3O/c1-7(16)9-6-10(14-15-11(9)12)8-2-4-13-5-3-8/h2-6H,1H3. The van der Waals surface area contributed by atoms with E-state index in [1.165, 1.54) is 6.92 Å². The molecule has 16 heavy (non-hydrogen) atoms. The van der Waals surface area contributed by atoms with Gasteiger partial charge in [0, 0.05) is 18.0 Å². The molecule has 2 rings (SSSR count). The molecule has 0 fully saturated rings. The first-order chi connectivity index (χ1) is 7.68. The number of rotatable bonds is 2. The van der Waals surface area contributed by atoms with Crippen molar-refractivity contribution < 1.29 is 4.79 Å². The first-order valence-corrected chi connectivity index (χ1v) is 5.01. The van der Waals surface area contributed by atoms with E-state index in [4.69, 9.17) is 11.6 Å². The van der Waals surface area contributed by atoms with Crippen molar-refractivity contribution in [2.75, 3.05) is 0 Å². The summed E-state index contributed by atoms with van der Waals surface area (Å²) in [4.78, 5) is 15.2. The van der Waals surface area contributed by atoms with Crippen LogP contribution in [0.15, 0.2) is 30.6 Å². The van der Waals surface area contributed by atoms with Gasteiger partial charge in [-0.2, -0.15) is 0 Å². The van der Waals surface area contributed by atoms with E-state index in [9.17, 15) is 4.79 Å². The van der Waals surface area contributed by atoms with Crippen molar-refractivity contribution in [3.05, 3.63) is 41.3 Å². The summed E-state index contributed by atoms with van der Waals surface area (Å²) >= 11 is 5.77. The molecule has 0 aromatic carbocycles. The molecule has 2 aromatic rings. The summed E-state index contributed by atoms with van der Waals surface area (Å²) in [5.74, 6) is -0.129. The molecule has 0 aliphatic rings. The summed E-state index contributed by atoms with van der Waals surface area (Å²) in [6, 6.07) is 5.22. The highest BCUT2D eigenvalue weighted by Crippen LogP contribution is 2.20. The van der Waals surface area contributed by atoms with Crippen molar-refractivity contribution in [2.24, 2.45) is 0 Å². The predicted octanol–water partition coefficient (Wildman–Crippen LogP) is 2.39. The summed E-state index contributed by atoms with van der Waals surface area (Å²) < 4.78 is 0. The van der Waals surface area contributed by atoms with Crippen molar-refractivity contribution in [1.29, 1.82) is 0 Å². The van der Waals surface area contributed by atoms with Crippen LogP contribution < -0.4 is 0 Å². The third-order valence-electron chi connectivity index (χ3n) is 2.10. The van der Waals surface area contributed by atoms with Gasteiger partial charge < -0.3 is 0 Å². The van der Waals surface area contributed by atoms with E-state index >= 15 is 0 Å². The zero-order valence-electron chi connectivity index (χ0n) is 8.51. The molecule has 0 aliphatic carbocycles. The number of hydrogen-bond donors (Lipinski definition) is 0. The van der Waals surface area contributed by atoms with E-state index in [2.05, 4.69) is 15.2 Å². The van der Waals surface area contributed by atoms with Crippen LogP contribution in [0.4, 0.5) is 0 Å². The van der Waals surface area contributed by atoms with Gasteiger partial charge in [0.15, 0.2) is 10.9 Å². The fourth-order valence-electron chi connectivity index (χ4n) is 1.29. The largest absolute Gasteiger partial charge is 0.294 e. The van der Waals surface area contributed by atoms with Crippen LogP contribution >= 0.6 is 11.6 Å². The average molecular weight is 234 g/mol. The van der Waals surface area contributed by atoms with Crippen molar-refractivity contribution in [1.82, 2.24) is 15.2 Å². The highest BCUT2D eigenvalue weighted by atomic mass is 35.5. The fraction of sp³-hybridized carbons (Fsp3) is 0.0909. The van der Waals surface area contributed by atoms with Crippen LogP contribution in [0.5, 0.6) is 0 Å². The van der Waals surface area contributed by atoms with Crippen LogP contribution in [-0.2, 0) is 0 Å². The van der Waals surface area contributed by atoms with Gasteiger partial charge >= 0.3 is 0 Å². The lowest BCUT2D eigenvalue weighted by molar-refractivity contribution is 0.101. The molecule has 0 N–H and O–H groups in total. The molecular weight excluding hydrogens is 226 g/mol. The van der Waals surface area contributed by atoms with Crippen LogP contribution in [0, 0.1) is 0 Å². The topological polar surface area (TPSA) is 55.7 Å². The normalized spacial score (nSPS) is 10.1. The van der Waals surface area contributed by atoms with E-state index in [1.54, 1.807) is 30.6 Å². The van der Waals surface area contributed by atoms with E-state index in [0.717, 1.165) is 5.56 Å². The number of carbonyl (C=O) groups is 1. The van der Waals surface area contributed by atoms with Crippen LogP contribution in [-0.4, -0.2) is 21.0 Å². The van der Waals surface area contributed by atoms with Gasteiger partial charge in [-0.3, -0.25) is 9.78 Å². The Balaban J connectivity index is 2.52. The molecule has 0 unspecified atom stereocenters. The molecule has 0 amide bonds. The first-order valence-electron chi connectivity index (χ1n) is 4.63. The molecule has 0 saturated heterocycles. The molecule has 5 heteroatoms. The van der Waals surface area contributed by atoms with E-state index in [0.29, 0.717) is 11.3 Å². The van der Waals surface area contributed by atoms with Gasteiger partial charge in [0.05, 0.1) is 11.3 Å². The highest BCUT2D eigenvalue weighted by molar-refractivity contribution is 6.32. The second kappa shape index (κ2) is 4.37. The minimum atomic E-state index is -0.129. The number of ketones is 1. The lowest BCUT2D eigenvalue weighted by Gasteiger charge is -2.02. The lowest BCUT2D eigenvalue weighted by Crippen LogP contribution is -1.99. The summed E-state index contributed by atoms with van der Waals surface area (Å²) in [6.45, 7) is 1.44. The van der Waals surface area contributed by atoms with Crippen LogP contribution in [0.2, 0.25) is 5.15 Å². The van der Waals surface area contributed by atoms with Crippen LogP contribution in [0.1, 0.15) is 17.3 Å². The molecule has 0 bridgehead atoms. The smallest absolute Gasteiger partial charge is 0.163 e. The molecule has 2 heterocycles. The molecule has 0 radical (unpaired) electrons. The Morgan fingerprint density at radius 2 is 1.94 bits per heavy atom. The zero-order chi connectivity index (χ0) is 11.5. The minimum Gasteiger partial charge on any atom is -0.294 e. The summed E-state index contributed by atoms with van der Waals surface area (Å²) in [5, 5.41) is 7.81. The molecule has 4 nitrogen and oxygen atoms in total. The maximum atomic E-state index is 11.3. The second-order valence-electron chi connectivity index (χ2n) is 3.23. The Morgan fingerprint density at radius 1 is 1.25 bits per heavy atom. The number of hydrogen-bond acceptors (Lipinski definition) is 4. The quantitative estimate of drug-likeness (QED) is 0.748. The SMILES string of the molecule is CC(=O)c1cc(-c2ccncc2)nnc1Cl. The monoisotopic (exact) mass is 233 g/mol. The van der Waals surface area contributed by atoms with Crippen LogP contribution in [0.3, 0.4) is 0 Å². The van der Waals surface area contributed by atoms with Gasteiger partial charge in [-0.25, -0.2) is 0 Å². The average Bonchev–Trinajstić information content (AvgIpc) is 2.30. The molecule has 0 saturated carbocycles. The van der Waals surface area contributed by atoms with Crippen molar-refractivity contribution in [3.63, 3.8) is 0 Å². The van der Waals surface area contributed by atoms with Gasteiger partial charge in [0.25, 0.3) is 0 Å². The fourth-order valence-corrected chi connectivity index (χ4v) is 1.51. The third kappa shape index (κ3) is 2.06. The van der Waals surface area contributed by atoms with Crippen molar-refractivity contribution in [3.8, 4) is 11.3 Å². The molecule has 2 aromatic heterocycles. The van der Waals surface area contributed by atoms with Crippen LogP contribution in [0.25, 0.3) is 11.3 Å². The molecule has 80 valence electrons. The zero-order valence-corrected chi connectivity index (χ0v) is 9.27. The maximum Gasteiger partial charge on any atom is 0.163 e. The summed E-state index contributed by atoms with van der Waals surface area (Å²) in [7, 11) is 0. The Labute approximate surface area is 97.3 Å². The molecule has 0 aliphatic heterocycles. The molecular formula is C11H8ClN3O. The molecule has 0 atom stereocenters. The number of Topliss-reactive ketones (excluding diaryl/α,β-unsaturated/α-hetero) is 1. The number of nitrogens with zero attached hydrogens (tertiary/aromatic N) is 3. The number of aromatic nitrogens is 3. The summed E-state index contributed by atoms with van der Waals surface area (Å²) in [5.41, 5.74) is 1.84. The van der Waals surface area contributed by atoms with Crippen molar-refractivity contribution in [2.45, 2.75) is 6.92 Å².